The maximum absolute atomic E-state index is 12.9. The molecule has 0 saturated carbocycles. The van der Waals surface area contributed by atoms with Crippen molar-refractivity contribution in [3.05, 3.63) is 29.6 Å². The van der Waals surface area contributed by atoms with E-state index in [9.17, 15) is 18.0 Å². The molecule has 0 radical (unpaired) electrons. The van der Waals surface area contributed by atoms with Crippen LogP contribution in [0.25, 0.3) is 0 Å². The zero-order valence-corrected chi connectivity index (χ0v) is 10.6. The minimum absolute atomic E-state index is 0.00281. The fraction of sp³-hybridized carbons (Fsp3) is 0.538. The normalized spacial score (nSPS) is 12.6. The van der Waals surface area contributed by atoms with Gasteiger partial charge in [-0.05, 0) is 31.5 Å². The zero-order valence-electron chi connectivity index (χ0n) is 10.6. The number of hydrogen-bond donors (Lipinski definition) is 0. The summed E-state index contributed by atoms with van der Waals surface area (Å²) in [5.74, 6) is -0.00281. The van der Waals surface area contributed by atoms with Gasteiger partial charge in [-0.1, -0.05) is 6.92 Å². The SMILES string of the molecule is CCC(=O)Cc1ccnc(C(C)(C)C(F)(F)F)c1. The number of Topliss-reactive ketones (excluding diaryl/α,β-unsaturated/α-hetero) is 1. The minimum atomic E-state index is -4.37. The van der Waals surface area contributed by atoms with Gasteiger partial charge in [0.05, 0.1) is 5.69 Å². The summed E-state index contributed by atoms with van der Waals surface area (Å²) in [6.07, 6.45) is -2.52. The lowest BCUT2D eigenvalue weighted by molar-refractivity contribution is -0.181. The lowest BCUT2D eigenvalue weighted by Gasteiger charge is -2.27. The average Bonchev–Trinajstić information content (AvgIpc) is 2.27. The molecule has 0 aliphatic rings. The molecule has 18 heavy (non-hydrogen) atoms. The molecule has 0 fully saturated rings. The molecule has 0 unspecified atom stereocenters. The van der Waals surface area contributed by atoms with E-state index in [4.69, 9.17) is 0 Å². The van der Waals surface area contributed by atoms with Gasteiger partial charge in [0.15, 0.2) is 0 Å². The Hall–Kier alpha value is -1.39. The molecular weight excluding hydrogens is 243 g/mol. The van der Waals surface area contributed by atoms with Gasteiger partial charge in [0.2, 0.25) is 0 Å². The summed E-state index contributed by atoms with van der Waals surface area (Å²) >= 11 is 0. The highest BCUT2D eigenvalue weighted by Crippen LogP contribution is 2.39. The van der Waals surface area contributed by atoms with Crippen molar-refractivity contribution in [2.75, 3.05) is 0 Å². The molecule has 0 bridgehead atoms. The summed E-state index contributed by atoms with van der Waals surface area (Å²) in [5, 5.41) is 0. The summed E-state index contributed by atoms with van der Waals surface area (Å²) in [4.78, 5) is 15.1. The van der Waals surface area contributed by atoms with Crippen molar-refractivity contribution in [2.45, 2.75) is 45.2 Å². The predicted octanol–water partition coefficient (Wildman–Crippen LogP) is 3.44. The molecule has 1 aromatic rings. The number of carbonyl (C=O) groups is 1. The van der Waals surface area contributed by atoms with Crippen molar-refractivity contribution in [1.82, 2.24) is 4.98 Å². The van der Waals surface area contributed by atoms with Crippen LogP contribution >= 0.6 is 0 Å². The van der Waals surface area contributed by atoms with Crippen molar-refractivity contribution in [2.24, 2.45) is 0 Å². The van der Waals surface area contributed by atoms with E-state index in [1.807, 2.05) is 0 Å². The second-order valence-electron chi connectivity index (χ2n) is 4.74. The monoisotopic (exact) mass is 259 g/mol. The quantitative estimate of drug-likeness (QED) is 0.829. The molecule has 0 aromatic carbocycles. The smallest absolute Gasteiger partial charge is 0.299 e. The number of nitrogens with zero attached hydrogens (tertiary/aromatic N) is 1. The van der Waals surface area contributed by atoms with Gasteiger partial charge in [-0.15, -0.1) is 0 Å². The van der Waals surface area contributed by atoms with Gasteiger partial charge in [-0.2, -0.15) is 13.2 Å². The highest BCUT2D eigenvalue weighted by molar-refractivity contribution is 5.80. The van der Waals surface area contributed by atoms with E-state index in [1.165, 1.54) is 12.3 Å². The van der Waals surface area contributed by atoms with Gasteiger partial charge in [-0.3, -0.25) is 9.78 Å². The molecule has 0 amide bonds. The molecule has 2 nitrogen and oxygen atoms in total. The third-order valence-electron chi connectivity index (χ3n) is 2.97. The Labute approximate surface area is 104 Å². The predicted molar refractivity (Wildman–Crippen MR) is 62.3 cm³/mol. The van der Waals surface area contributed by atoms with Gasteiger partial charge in [0.1, 0.15) is 11.2 Å². The minimum Gasteiger partial charge on any atom is -0.299 e. The number of rotatable bonds is 4. The Morgan fingerprint density at radius 1 is 1.33 bits per heavy atom. The molecule has 0 atom stereocenters. The molecule has 1 rings (SSSR count). The van der Waals surface area contributed by atoms with E-state index in [0.29, 0.717) is 12.0 Å². The van der Waals surface area contributed by atoms with Crippen LogP contribution < -0.4 is 0 Å². The Morgan fingerprint density at radius 3 is 2.44 bits per heavy atom. The van der Waals surface area contributed by atoms with Gasteiger partial charge >= 0.3 is 6.18 Å². The van der Waals surface area contributed by atoms with Crippen LogP contribution in [-0.2, 0) is 16.6 Å². The Bertz CT molecular complexity index is 438. The Balaban J connectivity index is 3.06. The van der Waals surface area contributed by atoms with Crippen LogP contribution in [0, 0.1) is 0 Å². The van der Waals surface area contributed by atoms with Crippen LogP contribution in [-0.4, -0.2) is 16.9 Å². The first-order valence-corrected chi connectivity index (χ1v) is 5.72. The van der Waals surface area contributed by atoms with Gasteiger partial charge in [0, 0.05) is 19.0 Å². The molecule has 0 spiro atoms. The fourth-order valence-corrected chi connectivity index (χ4v) is 1.42. The van der Waals surface area contributed by atoms with Crippen LogP contribution in [0.1, 0.15) is 38.4 Å². The van der Waals surface area contributed by atoms with Crippen LogP contribution in [0.5, 0.6) is 0 Å². The second-order valence-corrected chi connectivity index (χ2v) is 4.74. The molecule has 5 heteroatoms. The first-order chi connectivity index (χ1) is 8.18. The lowest BCUT2D eigenvalue weighted by Crippen LogP contribution is -2.37. The van der Waals surface area contributed by atoms with Crippen molar-refractivity contribution < 1.29 is 18.0 Å². The summed E-state index contributed by atoms with van der Waals surface area (Å²) in [5.41, 5.74) is -1.50. The summed E-state index contributed by atoms with van der Waals surface area (Å²) in [7, 11) is 0. The lowest BCUT2D eigenvalue weighted by atomic mass is 9.87. The average molecular weight is 259 g/mol. The highest BCUT2D eigenvalue weighted by Gasteiger charge is 2.49. The van der Waals surface area contributed by atoms with Crippen molar-refractivity contribution >= 4 is 5.78 Å². The third kappa shape index (κ3) is 3.09. The standard InChI is InChI=1S/C13H16F3NO/c1-4-10(18)7-9-5-6-17-11(8-9)12(2,3)13(14,15)16/h5-6,8H,4,7H2,1-3H3. The number of hydrogen-bond acceptors (Lipinski definition) is 2. The van der Waals surface area contributed by atoms with Crippen LogP contribution in [0.15, 0.2) is 18.3 Å². The second kappa shape index (κ2) is 5.08. The molecular formula is C13H16F3NO. The number of halogens is 3. The summed E-state index contributed by atoms with van der Waals surface area (Å²) < 4.78 is 38.6. The van der Waals surface area contributed by atoms with Gasteiger partial charge in [0.25, 0.3) is 0 Å². The van der Waals surface area contributed by atoms with Crippen LogP contribution in [0.3, 0.4) is 0 Å². The van der Waals surface area contributed by atoms with E-state index >= 15 is 0 Å². The molecule has 1 aromatic heterocycles. The van der Waals surface area contributed by atoms with E-state index in [2.05, 4.69) is 4.98 Å². The molecule has 100 valence electrons. The topological polar surface area (TPSA) is 30.0 Å². The van der Waals surface area contributed by atoms with E-state index < -0.39 is 11.6 Å². The fourth-order valence-electron chi connectivity index (χ4n) is 1.42. The van der Waals surface area contributed by atoms with Crippen molar-refractivity contribution in [1.29, 1.82) is 0 Å². The highest BCUT2D eigenvalue weighted by atomic mass is 19.4. The molecule has 0 aliphatic heterocycles. The van der Waals surface area contributed by atoms with Gasteiger partial charge in [-0.25, -0.2) is 0 Å². The summed E-state index contributed by atoms with van der Waals surface area (Å²) in [6.45, 7) is 3.89. The number of pyridine rings is 1. The maximum Gasteiger partial charge on any atom is 0.399 e. The van der Waals surface area contributed by atoms with E-state index in [1.54, 1.807) is 13.0 Å². The van der Waals surface area contributed by atoms with Crippen LogP contribution in [0.2, 0.25) is 0 Å². The van der Waals surface area contributed by atoms with E-state index in [0.717, 1.165) is 13.8 Å². The van der Waals surface area contributed by atoms with Gasteiger partial charge < -0.3 is 0 Å². The number of aromatic nitrogens is 1. The first-order valence-electron chi connectivity index (χ1n) is 5.72. The maximum atomic E-state index is 12.9. The molecule has 1 heterocycles. The number of carbonyl (C=O) groups excluding carboxylic acids is 1. The molecule has 0 aliphatic carbocycles. The first kappa shape index (κ1) is 14.7. The van der Waals surface area contributed by atoms with Crippen molar-refractivity contribution in [3.8, 4) is 0 Å². The van der Waals surface area contributed by atoms with Crippen molar-refractivity contribution in [3.63, 3.8) is 0 Å². The number of alkyl halides is 3. The van der Waals surface area contributed by atoms with E-state index in [-0.39, 0.29) is 17.9 Å². The molecule has 0 saturated heterocycles. The largest absolute Gasteiger partial charge is 0.399 e. The Kier molecular flexibility index (Phi) is 4.14. The zero-order chi connectivity index (χ0) is 14.0. The Morgan fingerprint density at radius 2 is 1.94 bits per heavy atom. The van der Waals surface area contributed by atoms with Crippen LogP contribution in [0.4, 0.5) is 13.2 Å². The summed E-state index contributed by atoms with van der Waals surface area (Å²) in [6, 6.07) is 2.94. The third-order valence-corrected chi connectivity index (χ3v) is 2.97. The molecule has 0 N–H and O–H groups in total. The number of ketones is 1.